The van der Waals surface area contributed by atoms with Gasteiger partial charge in [-0.3, -0.25) is 10.1 Å². The summed E-state index contributed by atoms with van der Waals surface area (Å²) in [5.41, 5.74) is 1.67. The van der Waals surface area contributed by atoms with Crippen LogP contribution in [0.2, 0.25) is 0 Å². The highest BCUT2D eigenvalue weighted by Gasteiger charge is 2.13. The van der Waals surface area contributed by atoms with Gasteiger partial charge in [-0.15, -0.1) is 11.8 Å². The van der Waals surface area contributed by atoms with Gasteiger partial charge in [-0.1, -0.05) is 6.07 Å². The minimum Gasteiger partial charge on any atom is -0.380 e. The van der Waals surface area contributed by atoms with Crippen molar-refractivity contribution in [2.75, 3.05) is 11.9 Å². The minimum absolute atomic E-state index is 0.101. The van der Waals surface area contributed by atoms with Crippen molar-refractivity contribution < 1.29 is 4.92 Å². The molecule has 0 fully saturated rings. The fourth-order valence-electron chi connectivity index (χ4n) is 1.79. The van der Waals surface area contributed by atoms with Crippen LogP contribution in [0, 0.1) is 10.1 Å². The Bertz CT molecular complexity index is 652. The molecule has 0 bridgehead atoms. The molecule has 2 aromatic rings. The van der Waals surface area contributed by atoms with E-state index in [0.717, 1.165) is 15.1 Å². The lowest BCUT2D eigenvalue weighted by molar-refractivity contribution is -0.384. The predicted octanol–water partition coefficient (Wildman–Crippen LogP) is 4.48. The summed E-state index contributed by atoms with van der Waals surface area (Å²) < 4.78 is 0.948. The molecule has 7 heteroatoms. The Kier molecular flexibility index (Phi) is 5.58. The van der Waals surface area contributed by atoms with Gasteiger partial charge in [0.1, 0.15) is 10.7 Å². The molecule has 0 aliphatic heterocycles. The van der Waals surface area contributed by atoms with Gasteiger partial charge in [-0.05, 0) is 46.6 Å². The van der Waals surface area contributed by atoms with Gasteiger partial charge in [0.05, 0.1) is 4.92 Å². The van der Waals surface area contributed by atoms with Gasteiger partial charge >= 0.3 is 0 Å². The van der Waals surface area contributed by atoms with Gasteiger partial charge in [0.15, 0.2) is 0 Å². The summed E-state index contributed by atoms with van der Waals surface area (Å²) in [6.45, 7) is 2.55. The lowest BCUT2D eigenvalue weighted by Crippen LogP contribution is -2.01. The molecule has 0 radical (unpaired) electrons. The monoisotopic (exact) mass is 367 g/mol. The lowest BCUT2D eigenvalue weighted by Gasteiger charge is -2.08. The summed E-state index contributed by atoms with van der Waals surface area (Å²) in [4.78, 5) is 14.9. The van der Waals surface area contributed by atoms with Crippen LogP contribution in [-0.2, 0) is 5.75 Å². The number of benzene rings is 1. The van der Waals surface area contributed by atoms with E-state index < -0.39 is 0 Å². The Hall–Kier alpha value is -1.60. The molecule has 0 aliphatic carbocycles. The first-order valence-corrected chi connectivity index (χ1v) is 8.14. The van der Waals surface area contributed by atoms with E-state index in [1.807, 2.05) is 25.1 Å². The van der Waals surface area contributed by atoms with Crippen LogP contribution in [0.4, 0.5) is 11.4 Å². The van der Waals surface area contributed by atoms with Crippen molar-refractivity contribution in [2.45, 2.75) is 17.7 Å². The van der Waals surface area contributed by atoms with E-state index in [2.05, 4.69) is 26.2 Å². The Morgan fingerprint density at radius 2 is 2.24 bits per heavy atom. The summed E-state index contributed by atoms with van der Waals surface area (Å²) in [6, 6.07) is 8.95. The van der Waals surface area contributed by atoms with Gasteiger partial charge in [0, 0.05) is 29.0 Å². The highest BCUT2D eigenvalue weighted by Crippen LogP contribution is 2.31. The molecular formula is C14H14BrN3O2S. The van der Waals surface area contributed by atoms with Crippen LogP contribution < -0.4 is 5.32 Å². The number of pyridine rings is 1. The highest BCUT2D eigenvalue weighted by molar-refractivity contribution is 9.10. The smallest absolute Gasteiger partial charge is 0.292 e. The predicted molar refractivity (Wildman–Crippen MR) is 88.8 cm³/mol. The first-order chi connectivity index (χ1) is 10.1. The maximum absolute atomic E-state index is 11.0. The van der Waals surface area contributed by atoms with E-state index in [-0.39, 0.29) is 10.6 Å². The van der Waals surface area contributed by atoms with Crippen LogP contribution in [0.25, 0.3) is 0 Å². The number of rotatable bonds is 6. The number of anilines is 1. The Morgan fingerprint density at radius 3 is 2.90 bits per heavy atom. The lowest BCUT2D eigenvalue weighted by atomic mass is 10.2. The van der Waals surface area contributed by atoms with Gasteiger partial charge in [-0.25, -0.2) is 4.98 Å². The van der Waals surface area contributed by atoms with E-state index in [1.54, 1.807) is 30.1 Å². The van der Waals surface area contributed by atoms with Crippen LogP contribution in [0.5, 0.6) is 0 Å². The van der Waals surface area contributed by atoms with Crippen molar-refractivity contribution in [3.8, 4) is 0 Å². The number of hydrogen-bond acceptors (Lipinski definition) is 5. The van der Waals surface area contributed by atoms with Crippen molar-refractivity contribution >= 4 is 39.1 Å². The molecule has 21 heavy (non-hydrogen) atoms. The van der Waals surface area contributed by atoms with Gasteiger partial charge in [0.2, 0.25) is 0 Å². The van der Waals surface area contributed by atoms with Crippen molar-refractivity contribution in [1.29, 1.82) is 0 Å². The molecular weight excluding hydrogens is 354 g/mol. The van der Waals surface area contributed by atoms with Gasteiger partial charge in [-0.2, -0.15) is 0 Å². The second-order valence-electron chi connectivity index (χ2n) is 4.22. The molecule has 0 saturated carbocycles. The van der Waals surface area contributed by atoms with Crippen molar-refractivity contribution in [3.05, 3.63) is 56.7 Å². The van der Waals surface area contributed by atoms with E-state index in [1.165, 1.54) is 0 Å². The Balaban J connectivity index is 2.15. The Labute approximate surface area is 135 Å². The average molecular weight is 368 g/mol. The van der Waals surface area contributed by atoms with Crippen LogP contribution in [-0.4, -0.2) is 16.5 Å². The first-order valence-electron chi connectivity index (χ1n) is 6.36. The maximum Gasteiger partial charge on any atom is 0.292 e. The number of aromatic nitrogens is 1. The van der Waals surface area contributed by atoms with E-state index in [4.69, 9.17) is 0 Å². The zero-order valence-electron chi connectivity index (χ0n) is 11.4. The minimum atomic E-state index is -0.371. The van der Waals surface area contributed by atoms with E-state index >= 15 is 0 Å². The fraction of sp³-hybridized carbons (Fsp3) is 0.214. The summed E-state index contributed by atoms with van der Waals surface area (Å²) in [6.07, 6.45) is 1.74. The molecule has 0 amide bonds. The van der Waals surface area contributed by atoms with Gasteiger partial charge < -0.3 is 5.32 Å². The van der Waals surface area contributed by atoms with Crippen LogP contribution in [0.15, 0.2) is 46.0 Å². The molecule has 0 aliphatic rings. The third-order valence-electron chi connectivity index (χ3n) is 2.73. The number of nitro groups is 1. The molecule has 0 spiro atoms. The summed E-state index contributed by atoms with van der Waals surface area (Å²) >= 11 is 5.04. The molecule has 0 saturated heterocycles. The molecule has 1 aromatic carbocycles. The zero-order valence-corrected chi connectivity index (χ0v) is 13.8. The first kappa shape index (κ1) is 15.8. The quantitative estimate of drug-likeness (QED) is 0.463. The van der Waals surface area contributed by atoms with Crippen molar-refractivity contribution in [1.82, 2.24) is 4.98 Å². The SMILES string of the molecule is CCNc1cc(CSc2ncccc2Br)ccc1[N+](=O)[O-]. The largest absolute Gasteiger partial charge is 0.380 e. The third kappa shape index (κ3) is 4.18. The average Bonchev–Trinajstić information content (AvgIpc) is 2.46. The number of nitrogens with zero attached hydrogens (tertiary/aromatic N) is 2. The zero-order chi connectivity index (χ0) is 15.2. The number of thioether (sulfide) groups is 1. The highest BCUT2D eigenvalue weighted by atomic mass is 79.9. The summed E-state index contributed by atoms with van der Waals surface area (Å²) in [5, 5.41) is 14.9. The molecule has 2 rings (SSSR count). The fourth-order valence-corrected chi connectivity index (χ4v) is 3.22. The molecule has 0 atom stereocenters. The van der Waals surface area contributed by atoms with Crippen molar-refractivity contribution in [2.24, 2.45) is 0 Å². The van der Waals surface area contributed by atoms with Crippen LogP contribution in [0.1, 0.15) is 12.5 Å². The number of hydrogen-bond donors (Lipinski definition) is 1. The normalized spacial score (nSPS) is 10.4. The maximum atomic E-state index is 11.0. The molecule has 1 N–H and O–H groups in total. The summed E-state index contributed by atoms with van der Waals surface area (Å²) in [5.74, 6) is 0.700. The molecule has 1 heterocycles. The summed E-state index contributed by atoms with van der Waals surface area (Å²) in [7, 11) is 0. The number of nitro benzene ring substituents is 1. The molecule has 5 nitrogen and oxygen atoms in total. The number of halogens is 1. The standard InChI is InChI=1S/C14H14BrN3O2S/c1-2-16-12-8-10(5-6-13(12)18(19)20)9-21-14-11(15)4-3-7-17-14/h3-8,16H,2,9H2,1H3. The second-order valence-corrected chi connectivity index (χ2v) is 6.04. The van der Waals surface area contributed by atoms with E-state index in [9.17, 15) is 10.1 Å². The molecule has 110 valence electrons. The van der Waals surface area contributed by atoms with E-state index in [0.29, 0.717) is 18.0 Å². The topological polar surface area (TPSA) is 68.1 Å². The third-order valence-corrected chi connectivity index (χ3v) is 4.70. The molecule has 0 unspecified atom stereocenters. The number of nitrogens with one attached hydrogen (secondary N) is 1. The Morgan fingerprint density at radius 1 is 1.43 bits per heavy atom. The van der Waals surface area contributed by atoms with Crippen LogP contribution in [0.3, 0.4) is 0 Å². The van der Waals surface area contributed by atoms with Crippen molar-refractivity contribution in [3.63, 3.8) is 0 Å². The molecule has 1 aromatic heterocycles. The van der Waals surface area contributed by atoms with Crippen LogP contribution >= 0.6 is 27.7 Å². The van der Waals surface area contributed by atoms with Gasteiger partial charge in [0.25, 0.3) is 5.69 Å². The second kappa shape index (κ2) is 7.42.